The normalized spacial score (nSPS) is 17.3. The Kier molecular flexibility index (Phi) is 5.19. The van der Waals surface area contributed by atoms with Crippen molar-refractivity contribution in [2.45, 2.75) is 18.9 Å². The van der Waals surface area contributed by atoms with Crippen LogP contribution in [0.25, 0.3) is 17.8 Å². The molecule has 0 saturated carbocycles. The minimum Gasteiger partial charge on any atom is -0.272 e. The molecule has 1 aliphatic heterocycles. The Bertz CT molecular complexity index is 1630. The number of nitrogens with zero attached hydrogens (tertiary/aromatic N) is 2. The van der Waals surface area contributed by atoms with Gasteiger partial charge in [-0.25, -0.2) is 9.38 Å². The highest BCUT2D eigenvalue weighted by atomic mass is 32.1. The molecule has 4 aromatic rings. The molecular formula is C29H21FN2OS. The van der Waals surface area contributed by atoms with Gasteiger partial charge < -0.3 is 0 Å². The monoisotopic (exact) mass is 464 g/mol. The molecule has 0 spiro atoms. The van der Waals surface area contributed by atoms with E-state index in [-0.39, 0.29) is 17.4 Å². The van der Waals surface area contributed by atoms with Crippen molar-refractivity contribution in [2.75, 3.05) is 0 Å². The molecule has 3 nitrogen and oxygen atoms in total. The zero-order chi connectivity index (χ0) is 23.1. The Hall–Kier alpha value is -3.83. The zero-order valence-electron chi connectivity index (χ0n) is 18.3. The van der Waals surface area contributed by atoms with Crippen LogP contribution in [-0.2, 0) is 6.42 Å². The van der Waals surface area contributed by atoms with E-state index in [1.165, 1.54) is 29.0 Å². The molecule has 1 aliphatic carbocycles. The van der Waals surface area contributed by atoms with Crippen molar-refractivity contribution in [2.24, 2.45) is 4.99 Å². The molecule has 0 saturated heterocycles. The van der Waals surface area contributed by atoms with E-state index in [0.717, 1.165) is 40.8 Å². The predicted octanol–water partition coefficient (Wildman–Crippen LogP) is 5.12. The van der Waals surface area contributed by atoms with E-state index in [2.05, 4.69) is 18.2 Å². The number of hydrogen-bond acceptors (Lipinski definition) is 3. The van der Waals surface area contributed by atoms with Crippen molar-refractivity contribution < 1.29 is 4.39 Å². The zero-order valence-corrected chi connectivity index (χ0v) is 19.1. The Labute approximate surface area is 200 Å². The first-order chi connectivity index (χ1) is 16.7. The number of rotatable bonds is 3. The van der Waals surface area contributed by atoms with Gasteiger partial charge in [-0.2, -0.15) is 0 Å². The van der Waals surface area contributed by atoms with Crippen LogP contribution in [0.4, 0.5) is 4.39 Å². The molecule has 2 heterocycles. The average molecular weight is 465 g/mol. The second kappa shape index (κ2) is 8.50. The number of fused-ring (bicyclic) bond motifs is 3. The number of thiazole rings is 1. The van der Waals surface area contributed by atoms with Gasteiger partial charge in [0.15, 0.2) is 4.80 Å². The summed E-state index contributed by atoms with van der Waals surface area (Å²) in [7, 11) is 0. The van der Waals surface area contributed by atoms with Gasteiger partial charge in [0, 0.05) is 5.56 Å². The molecule has 166 valence electrons. The lowest BCUT2D eigenvalue weighted by Crippen LogP contribution is -2.38. The largest absolute Gasteiger partial charge is 0.272 e. The summed E-state index contributed by atoms with van der Waals surface area (Å²) >= 11 is 1.40. The van der Waals surface area contributed by atoms with Crippen molar-refractivity contribution in [3.05, 3.63) is 138 Å². The third-order valence-corrected chi connectivity index (χ3v) is 7.40. The maximum atomic E-state index is 13.7. The summed E-state index contributed by atoms with van der Waals surface area (Å²) in [5, 5.41) is 0. The molecule has 1 unspecified atom stereocenters. The van der Waals surface area contributed by atoms with Gasteiger partial charge >= 0.3 is 0 Å². The third-order valence-electron chi connectivity index (χ3n) is 6.39. The van der Waals surface area contributed by atoms with E-state index in [1.54, 1.807) is 16.7 Å². The Morgan fingerprint density at radius 3 is 2.53 bits per heavy atom. The van der Waals surface area contributed by atoms with Crippen molar-refractivity contribution in [1.82, 2.24) is 4.57 Å². The van der Waals surface area contributed by atoms with Crippen LogP contribution >= 0.6 is 11.3 Å². The summed E-state index contributed by atoms with van der Waals surface area (Å²) in [6.07, 6.45) is 7.46. The first kappa shape index (κ1) is 20.8. The fraction of sp³-hybridized carbons (Fsp3) is 0.103. The van der Waals surface area contributed by atoms with E-state index >= 15 is 0 Å². The van der Waals surface area contributed by atoms with Crippen LogP contribution in [0.2, 0.25) is 0 Å². The molecule has 6 rings (SSSR count). The molecular weight excluding hydrogens is 443 g/mol. The van der Waals surface area contributed by atoms with E-state index < -0.39 is 0 Å². The van der Waals surface area contributed by atoms with Crippen LogP contribution < -0.4 is 14.9 Å². The number of aryl methyl sites for hydroxylation is 1. The topological polar surface area (TPSA) is 34.4 Å². The van der Waals surface area contributed by atoms with Gasteiger partial charge in [0.2, 0.25) is 0 Å². The Morgan fingerprint density at radius 1 is 0.941 bits per heavy atom. The van der Waals surface area contributed by atoms with Crippen LogP contribution in [0.5, 0.6) is 0 Å². The van der Waals surface area contributed by atoms with E-state index in [9.17, 15) is 9.18 Å². The molecule has 0 amide bonds. The van der Waals surface area contributed by atoms with E-state index in [1.807, 2.05) is 54.6 Å². The summed E-state index contributed by atoms with van der Waals surface area (Å²) < 4.78 is 16.1. The van der Waals surface area contributed by atoms with Crippen molar-refractivity contribution in [3.8, 4) is 0 Å². The lowest BCUT2D eigenvalue weighted by molar-refractivity contribution is 0.581. The maximum Gasteiger partial charge on any atom is 0.271 e. The fourth-order valence-electron chi connectivity index (χ4n) is 4.79. The Balaban J connectivity index is 1.54. The summed E-state index contributed by atoms with van der Waals surface area (Å²) in [5.41, 5.74) is 6.36. The lowest BCUT2D eigenvalue weighted by Gasteiger charge is -2.30. The molecule has 2 aliphatic rings. The number of benzene rings is 3. The summed E-state index contributed by atoms with van der Waals surface area (Å²) in [5.74, 6) is -0.287. The number of halogens is 1. The predicted molar refractivity (Wildman–Crippen MR) is 136 cm³/mol. The molecule has 3 aromatic carbocycles. The Morgan fingerprint density at radius 2 is 1.71 bits per heavy atom. The van der Waals surface area contributed by atoms with Crippen molar-refractivity contribution >= 4 is 29.2 Å². The molecule has 34 heavy (non-hydrogen) atoms. The lowest BCUT2D eigenvalue weighted by atomic mass is 9.83. The van der Waals surface area contributed by atoms with Gasteiger partial charge in [-0.15, -0.1) is 0 Å². The molecule has 1 atom stereocenters. The second-order valence-electron chi connectivity index (χ2n) is 8.46. The summed E-state index contributed by atoms with van der Waals surface area (Å²) in [4.78, 5) is 19.2. The highest BCUT2D eigenvalue weighted by Crippen LogP contribution is 2.41. The summed E-state index contributed by atoms with van der Waals surface area (Å²) in [6, 6.07) is 24.5. The molecule has 5 heteroatoms. The quantitative estimate of drug-likeness (QED) is 0.414. The van der Waals surface area contributed by atoms with Gasteiger partial charge in [-0.1, -0.05) is 90.2 Å². The van der Waals surface area contributed by atoms with Crippen molar-refractivity contribution in [1.29, 1.82) is 0 Å². The van der Waals surface area contributed by atoms with Crippen LogP contribution in [-0.4, -0.2) is 4.57 Å². The van der Waals surface area contributed by atoms with Gasteiger partial charge in [0.25, 0.3) is 5.56 Å². The third kappa shape index (κ3) is 3.58. The van der Waals surface area contributed by atoms with Gasteiger partial charge in [-0.3, -0.25) is 9.36 Å². The summed E-state index contributed by atoms with van der Waals surface area (Å²) in [6.45, 7) is 0. The van der Waals surface area contributed by atoms with Crippen LogP contribution in [0.15, 0.2) is 100 Å². The highest BCUT2D eigenvalue weighted by Gasteiger charge is 2.32. The standard InChI is InChI=1S/C29H21FN2OS/c30-22-16-13-21(14-17-22)27-24-18-15-20-10-4-5-11-23(20)26(24)31-29-32(27)28(33)25(34-29)12-6-9-19-7-2-1-3-8-19/h1-14,16-17,27H,15,18H2/b9-6+,25-12?. The molecule has 0 bridgehead atoms. The van der Waals surface area contributed by atoms with Crippen LogP contribution in [0.1, 0.15) is 34.7 Å². The first-order valence-electron chi connectivity index (χ1n) is 11.3. The fourth-order valence-corrected chi connectivity index (χ4v) is 5.74. The van der Waals surface area contributed by atoms with Crippen LogP contribution in [0, 0.1) is 5.82 Å². The van der Waals surface area contributed by atoms with Gasteiger partial charge in [0.1, 0.15) is 5.82 Å². The minimum absolute atomic E-state index is 0.0683. The maximum absolute atomic E-state index is 13.7. The number of hydrogen-bond donors (Lipinski definition) is 0. The highest BCUT2D eigenvalue weighted by molar-refractivity contribution is 7.07. The molecule has 0 radical (unpaired) electrons. The molecule has 1 aromatic heterocycles. The van der Waals surface area contributed by atoms with E-state index in [4.69, 9.17) is 4.99 Å². The molecule has 0 fully saturated rings. The molecule has 0 N–H and O–H groups in total. The van der Waals surface area contributed by atoms with Gasteiger partial charge in [-0.05, 0) is 53.3 Å². The second-order valence-corrected chi connectivity index (χ2v) is 9.47. The van der Waals surface area contributed by atoms with Crippen molar-refractivity contribution in [3.63, 3.8) is 0 Å². The van der Waals surface area contributed by atoms with Gasteiger partial charge in [0.05, 0.1) is 16.3 Å². The first-order valence-corrected chi connectivity index (χ1v) is 12.1. The van der Waals surface area contributed by atoms with Crippen LogP contribution in [0.3, 0.4) is 0 Å². The SMILES string of the molecule is O=c1c(=C/C=C/c2ccccc2)sc2n1C(c1ccc(F)cc1)C1=C(N=2)c2ccccc2CC1. The average Bonchev–Trinajstić information content (AvgIpc) is 3.19. The number of allylic oxidation sites excluding steroid dienone is 2. The number of aromatic nitrogens is 1. The smallest absolute Gasteiger partial charge is 0.271 e. The van der Waals surface area contributed by atoms with E-state index in [0.29, 0.717) is 9.33 Å². The minimum atomic E-state index is -0.291.